The van der Waals surface area contributed by atoms with Gasteiger partial charge in [-0.1, -0.05) is 35.1 Å². The van der Waals surface area contributed by atoms with Gasteiger partial charge in [-0.15, -0.1) is 0 Å². The highest BCUT2D eigenvalue weighted by Crippen LogP contribution is 2.58. The Bertz CT molecular complexity index is 1350. The first-order valence-electron chi connectivity index (χ1n) is 13.1. The van der Waals surface area contributed by atoms with Crippen LogP contribution < -0.4 is 16.0 Å². The molecule has 10 nitrogen and oxygen atoms in total. The van der Waals surface area contributed by atoms with Crippen molar-refractivity contribution in [3.05, 3.63) is 39.7 Å². The zero-order valence-electron chi connectivity index (χ0n) is 23.6. The number of hydrogen-bond acceptors (Lipinski definition) is 9. The predicted octanol–water partition coefficient (Wildman–Crippen LogP) is 2.69. The van der Waals surface area contributed by atoms with E-state index in [2.05, 4.69) is 26.1 Å². The Balaban J connectivity index is 0.00000441. The number of nitrogens with two attached hydrogens (primary N) is 1. The molecule has 0 spiro atoms. The maximum atomic E-state index is 14.1. The molecule has 0 aliphatic heterocycles. The van der Waals surface area contributed by atoms with Gasteiger partial charge in [-0.05, 0) is 61.3 Å². The first-order chi connectivity index (χ1) is 17.9. The number of aliphatic hydroxyl groups is 3. The van der Waals surface area contributed by atoms with Crippen LogP contribution in [0.4, 0.5) is 5.69 Å². The van der Waals surface area contributed by atoms with Gasteiger partial charge in [0, 0.05) is 30.8 Å². The fourth-order valence-electron chi connectivity index (χ4n) is 6.69. The Hall–Kier alpha value is -3.37. The molecule has 3 aliphatic rings. The number of ketones is 2. The number of carbonyl (C=O) groups is 3. The van der Waals surface area contributed by atoms with Gasteiger partial charge in [0.25, 0.3) is 5.91 Å². The van der Waals surface area contributed by atoms with Crippen molar-refractivity contribution < 1.29 is 34.8 Å². The third-order valence-electron chi connectivity index (χ3n) is 8.77. The van der Waals surface area contributed by atoms with Gasteiger partial charge in [-0.25, -0.2) is 0 Å². The quantitative estimate of drug-likeness (QED) is 0.298. The third-order valence-corrected chi connectivity index (χ3v) is 8.77. The summed E-state index contributed by atoms with van der Waals surface area (Å²) in [5, 5.41) is 48.7. The average molecular weight is 558 g/mol. The summed E-state index contributed by atoms with van der Waals surface area (Å²) in [4.78, 5) is 41.3. The van der Waals surface area contributed by atoms with E-state index in [9.17, 15) is 34.8 Å². The van der Waals surface area contributed by atoms with Crippen molar-refractivity contribution in [2.24, 2.45) is 22.5 Å². The lowest BCUT2D eigenvalue weighted by molar-refractivity contribution is -0.165. The van der Waals surface area contributed by atoms with E-state index in [1.165, 1.54) is 14.0 Å². The van der Waals surface area contributed by atoms with Crippen LogP contribution in [-0.4, -0.2) is 70.7 Å². The maximum Gasteiger partial charge on any atom is 0.255 e. The second kappa shape index (κ2) is 9.92. The molecule has 3 aliphatic carbocycles. The van der Waals surface area contributed by atoms with Gasteiger partial charge in [-0.3, -0.25) is 14.4 Å². The van der Waals surface area contributed by atoms with Crippen molar-refractivity contribution >= 4 is 28.9 Å². The lowest BCUT2D eigenvalue weighted by atomic mass is 9.50. The number of benzene rings is 1. The lowest BCUT2D eigenvalue weighted by Gasteiger charge is -2.55. The summed E-state index contributed by atoms with van der Waals surface area (Å²) in [6.45, 7) is 7.77. The zero-order chi connectivity index (χ0) is 29.4. The highest BCUT2D eigenvalue weighted by molar-refractivity contribution is 6.25. The second-order valence-electron chi connectivity index (χ2n) is 12.7. The normalized spacial score (nSPS) is 28.0. The number of anilines is 1. The van der Waals surface area contributed by atoms with Crippen LogP contribution >= 0.6 is 0 Å². The predicted molar refractivity (Wildman–Crippen MR) is 153 cm³/mol. The minimum atomic E-state index is -2.71. The second-order valence-corrected chi connectivity index (χ2v) is 12.7. The largest absolute Gasteiger partial charge is 0.508 e. The lowest BCUT2D eigenvalue weighted by Crippen LogP contribution is -2.71. The van der Waals surface area contributed by atoms with E-state index >= 15 is 0 Å². The average Bonchev–Trinajstić information content (AvgIpc) is 2.80. The van der Waals surface area contributed by atoms with Crippen molar-refractivity contribution in [3.63, 3.8) is 0 Å². The van der Waals surface area contributed by atoms with Crippen LogP contribution in [0.1, 0.15) is 64.7 Å². The topological polar surface area (TPSA) is 173 Å². The number of fused-ring (bicyclic) bond motifs is 3. The summed E-state index contributed by atoms with van der Waals surface area (Å²) in [5.41, 5.74) is 2.23. The molecule has 7 N–H and O–H groups in total. The Kier molecular flexibility index (Phi) is 7.73. The Morgan fingerprint density at radius 3 is 2.30 bits per heavy atom. The molecule has 0 heterocycles. The zero-order valence-corrected chi connectivity index (χ0v) is 23.6. The summed E-state index contributed by atoms with van der Waals surface area (Å²) in [7, 11) is 5.17. The number of primary amides is 1. The van der Waals surface area contributed by atoms with Crippen LogP contribution in [-0.2, 0) is 27.2 Å². The highest BCUT2D eigenvalue weighted by Gasteiger charge is 2.69. The summed E-state index contributed by atoms with van der Waals surface area (Å²) in [5.74, 6) is -5.48. The monoisotopic (exact) mass is 557 g/mol. The van der Waals surface area contributed by atoms with E-state index in [1.54, 1.807) is 0 Å². The van der Waals surface area contributed by atoms with Crippen molar-refractivity contribution in [3.8, 4) is 5.75 Å². The van der Waals surface area contributed by atoms with Gasteiger partial charge in [-0.2, -0.15) is 0 Å². The molecule has 40 heavy (non-hydrogen) atoms. The van der Waals surface area contributed by atoms with E-state index < -0.39 is 57.5 Å². The van der Waals surface area contributed by atoms with Crippen molar-refractivity contribution in [2.45, 2.75) is 72.4 Å². The SMILES string of the molecule is C.CNC1C(=O)C(C(N)=O)=C(O)[C@@]2(O)C(=O)C3=C(O)c4c(O)c(CCC(C)(C)C)cc(N(C)C)c4C[C@H]3C[C@@]12C. The molecule has 10 heteroatoms. The van der Waals surface area contributed by atoms with Crippen molar-refractivity contribution in [1.29, 1.82) is 0 Å². The molecule has 1 aromatic carbocycles. The fraction of sp³-hybridized carbons (Fsp3) is 0.567. The van der Waals surface area contributed by atoms with Gasteiger partial charge < -0.3 is 36.4 Å². The van der Waals surface area contributed by atoms with Crippen LogP contribution in [0.15, 0.2) is 23.0 Å². The molecule has 0 saturated heterocycles. The number of rotatable bonds is 5. The molecular weight excluding hydrogens is 514 g/mol. The number of aromatic hydroxyl groups is 1. The first-order valence-corrected chi connectivity index (χ1v) is 13.1. The number of hydrogen-bond donors (Lipinski definition) is 6. The van der Waals surface area contributed by atoms with Gasteiger partial charge in [0.2, 0.25) is 5.78 Å². The van der Waals surface area contributed by atoms with Crippen molar-refractivity contribution in [1.82, 2.24) is 5.32 Å². The van der Waals surface area contributed by atoms with E-state index in [4.69, 9.17) is 5.73 Å². The molecule has 220 valence electrons. The highest BCUT2D eigenvalue weighted by atomic mass is 16.3. The van der Waals surface area contributed by atoms with Crippen LogP contribution in [0.3, 0.4) is 0 Å². The number of amides is 1. The van der Waals surface area contributed by atoms with E-state index in [-0.39, 0.29) is 42.6 Å². The number of nitrogens with zero attached hydrogens (tertiary/aromatic N) is 1. The number of phenols is 1. The molecule has 0 bridgehead atoms. The summed E-state index contributed by atoms with van der Waals surface area (Å²) < 4.78 is 0. The molecule has 1 unspecified atom stereocenters. The first kappa shape index (κ1) is 31.2. The number of aliphatic hydroxyl groups excluding tert-OH is 2. The van der Waals surface area contributed by atoms with Crippen LogP contribution in [0.25, 0.3) is 5.76 Å². The minimum Gasteiger partial charge on any atom is -0.508 e. The fourth-order valence-corrected chi connectivity index (χ4v) is 6.69. The smallest absolute Gasteiger partial charge is 0.255 e. The van der Waals surface area contributed by atoms with Crippen LogP contribution in [0.5, 0.6) is 5.75 Å². The number of nitrogens with one attached hydrogen (secondary N) is 1. The molecular formula is C30H43N3O7. The van der Waals surface area contributed by atoms with E-state index in [0.29, 0.717) is 17.5 Å². The molecule has 0 radical (unpaired) electrons. The van der Waals surface area contributed by atoms with Gasteiger partial charge in [0.05, 0.1) is 11.6 Å². The molecule has 4 atom stereocenters. The number of likely N-dealkylation sites (N-methyl/N-ethyl adjacent to an activating group) is 1. The summed E-state index contributed by atoms with van der Waals surface area (Å²) in [6, 6.07) is 0.686. The Labute approximate surface area is 235 Å². The van der Waals surface area contributed by atoms with E-state index in [0.717, 1.165) is 12.1 Å². The van der Waals surface area contributed by atoms with Gasteiger partial charge in [0.15, 0.2) is 11.4 Å². The summed E-state index contributed by atoms with van der Waals surface area (Å²) in [6.07, 6.45) is 1.55. The minimum absolute atomic E-state index is 0. The van der Waals surface area contributed by atoms with Crippen molar-refractivity contribution in [2.75, 3.05) is 26.0 Å². The summed E-state index contributed by atoms with van der Waals surface area (Å²) >= 11 is 0. The number of Topliss-reactive ketones (excluding diaryl/α,β-unsaturated/α-hetero) is 2. The van der Waals surface area contributed by atoms with Gasteiger partial charge >= 0.3 is 0 Å². The number of aryl methyl sites for hydroxylation is 1. The molecule has 0 aromatic heterocycles. The number of phenolic OH excluding ortho intramolecular Hbond substituents is 1. The molecule has 4 rings (SSSR count). The maximum absolute atomic E-state index is 14.1. The molecule has 1 aromatic rings. The molecule has 1 amide bonds. The molecule has 1 fully saturated rings. The Morgan fingerprint density at radius 2 is 1.80 bits per heavy atom. The molecule has 1 saturated carbocycles. The standard InChI is InChI=1S/C29H39N3O7.CH4/c1-27(2,3)9-8-13-11-16(32(6)7)15-10-14-12-28(4)23(31-5)22(35)19(26(30)38)25(37)29(28,39)24(36)17(14)21(34)18(15)20(13)33;/h11,14,23,31,33-34,37,39H,8-10,12H2,1-7H3,(H2,30,38);1H4/t14-,23?,28-,29-;/m0./s1. The third kappa shape index (κ3) is 4.19. The van der Waals surface area contributed by atoms with E-state index in [1.807, 2.05) is 25.1 Å². The van der Waals surface area contributed by atoms with Gasteiger partial charge in [0.1, 0.15) is 22.8 Å². The van der Waals surface area contributed by atoms with Crippen LogP contribution in [0.2, 0.25) is 0 Å². The van der Waals surface area contributed by atoms with Crippen LogP contribution in [0, 0.1) is 16.7 Å². The number of carbonyl (C=O) groups excluding carboxylic acids is 3. The Morgan fingerprint density at radius 1 is 1.20 bits per heavy atom.